The van der Waals surface area contributed by atoms with Crippen molar-refractivity contribution in [1.82, 2.24) is 20.3 Å². The fraction of sp³-hybridized carbons (Fsp3) is 0.385. The third kappa shape index (κ3) is 2.34. The van der Waals surface area contributed by atoms with Crippen molar-refractivity contribution in [3.05, 3.63) is 29.5 Å². The van der Waals surface area contributed by atoms with E-state index in [-0.39, 0.29) is 0 Å². The average molecular weight is 273 g/mol. The van der Waals surface area contributed by atoms with Crippen molar-refractivity contribution >= 4 is 16.9 Å². The van der Waals surface area contributed by atoms with Crippen LogP contribution in [0.15, 0.2) is 21.4 Å². The Balaban J connectivity index is 1.77. The van der Waals surface area contributed by atoms with Crippen LogP contribution in [-0.4, -0.2) is 20.3 Å². The van der Waals surface area contributed by atoms with Crippen molar-refractivity contribution in [2.75, 3.05) is 5.32 Å². The zero-order valence-electron chi connectivity index (χ0n) is 11.4. The van der Waals surface area contributed by atoms with Gasteiger partial charge in [0.25, 0.3) is 5.71 Å². The van der Waals surface area contributed by atoms with Gasteiger partial charge < -0.3 is 14.4 Å². The van der Waals surface area contributed by atoms with Crippen LogP contribution in [0.25, 0.3) is 11.1 Å². The molecule has 0 aliphatic rings. The summed E-state index contributed by atoms with van der Waals surface area (Å²) in [7, 11) is 0. The Labute approximate surface area is 115 Å². The highest BCUT2D eigenvalue weighted by Gasteiger charge is 2.12. The van der Waals surface area contributed by atoms with E-state index < -0.39 is 0 Å². The maximum Gasteiger partial charge on any atom is 0.263 e. The Morgan fingerprint density at radius 1 is 1.20 bits per heavy atom. The first kappa shape index (κ1) is 12.6. The van der Waals surface area contributed by atoms with Gasteiger partial charge >= 0.3 is 0 Å². The normalized spacial score (nSPS) is 11.1. The number of hydrogen-bond acceptors (Lipinski definition) is 7. The lowest BCUT2D eigenvalue weighted by atomic mass is 10.2. The Bertz CT molecular complexity index is 718. The number of aromatic nitrogens is 4. The second-order valence-corrected chi connectivity index (χ2v) is 4.56. The van der Waals surface area contributed by atoms with E-state index in [1.165, 1.54) is 6.33 Å². The third-order valence-corrected chi connectivity index (χ3v) is 2.99. The first-order valence-corrected chi connectivity index (χ1v) is 6.53. The number of nitrogens with one attached hydrogen (secondary N) is 1. The van der Waals surface area contributed by atoms with Gasteiger partial charge in [0.2, 0.25) is 0 Å². The molecule has 104 valence electrons. The summed E-state index contributed by atoms with van der Waals surface area (Å²) in [6.45, 7) is 4.47. The molecule has 3 heterocycles. The minimum absolute atomic E-state index is 0.476. The minimum atomic E-state index is 0.476. The fourth-order valence-electron chi connectivity index (χ4n) is 2.04. The molecule has 0 unspecified atom stereocenters. The smallest absolute Gasteiger partial charge is 0.263 e. The van der Waals surface area contributed by atoms with Crippen molar-refractivity contribution < 1.29 is 9.05 Å². The molecule has 0 atom stereocenters. The van der Waals surface area contributed by atoms with Crippen molar-refractivity contribution in [2.45, 2.75) is 33.2 Å². The monoisotopic (exact) mass is 273 g/mol. The lowest BCUT2D eigenvalue weighted by Crippen LogP contribution is -2.01. The molecule has 7 nitrogen and oxygen atoms in total. The highest BCUT2D eigenvalue weighted by molar-refractivity contribution is 5.87. The molecule has 7 heteroatoms. The molecule has 0 aliphatic carbocycles. The van der Waals surface area contributed by atoms with Gasteiger partial charge in [-0.3, -0.25) is 0 Å². The summed E-state index contributed by atoms with van der Waals surface area (Å²) in [5.41, 5.74) is 2.20. The van der Waals surface area contributed by atoms with Gasteiger partial charge in [0, 0.05) is 6.07 Å². The van der Waals surface area contributed by atoms with E-state index >= 15 is 0 Å². The number of anilines is 1. The van der Waals surface area contributed by atoms with Gasteiger partial charge in [-0.05, 0) is 13.3 Å². The standard InChI is InChI=1S/C13H15N5O2/c1-3-4-9-5-10(19-18-9)6-14-12-11-8(2)17-20-13(11)16-7-15-12/h5,7H,3-4,6H2,1-2H3,(H,14,15,16). The highest BCUT2D eigenvalue weighted by Crippen LogP contribution is 2.22. The van der Waals surface area contributed by atoms with Gasteiger partial charge in [-0.2, -0.15) is 4.98 Å². The Morgan fingerprint density at radius 3 is 2.95 bits per heavy atom. The zero-order chi connectivity index (χ0) is 13.9. The summed E-state index contributed by atoms with van der Waals surface area (Å²) in [4.78, 5) is 8.24. The lowest BCUT2D eigenvalue weighted by molar-refractivity contribution is 0.381. The Morgan fingerprint density at radius 2 is 2.10 bits per heavy atom. The van der Waals surface area contributed by atoms with E-state index in [0.717, 1.165) is 35.4 Å². The SMILES string of the molecule is CCCc1cc(CNc2ncnc3onc(C)c23)on1. The summed E-state index contributed by atoms with van der Waals surface area (Å²) in [5.74, 6) is 1.46. The van der Waals surface area contributed by atoms with Crippen LogP contribution in [0.2, 0.25) is 0 Å². The van der Waals surface area contributed by atoms with Crippen LogP contribution in [-0.2, 0) is 13.0 Å². The van der Waals surface area contributed by atoms with Crippen LogP contribution in [0.5, 0.6) is 0 Å². The van der Waals surface area contributed by atoms with E-state index in [1.54, 1.807) is 0 Å². The van der Waals surface area contributed by atoms with E-state index in [2.05, 4.69) is 32.5 Å². The highest BCUT2D eigenvalue weighted by atomic mass is 16.5. The zero-order valence-corrected chi connectivity index (χ0v) is 11.4. The number of fused-ring (bicyclic) bond motifs is 1. The van der Waals surface area contributed by atoms with Crippen molar-refractivity contribution in [1.29, 1.82) is 0 Å². The van der Waals surface area contributed by atoms with Crippen LogP contribution in [0.3, 0.4) is 0 Å². The molecule has 3 aromatic heterocycles. The van der Waals surface area contributed by atoms with Crippen LogP contribution in [0.1, 0.15) is 30.5 Å². The van der Waals surface area contributed by atoms with Crippen molar-refractivity contribution in [3.8, 4) is 0 Å². The predicted octanol–water partition coefficient (Wildman–Crippen LogP) is 2.48. The number of rotatable bonds is 5. The van der Waals surface area contributed by atoms with Gasteiger partial charge in [-0.25, -0.2) is 4.98 Å². The van der Waals surface area contributed by atoms with Gasteiger partial charge in [0.15, 0.2) is 5.76 Å². The van der Waals surface area contributed by atoms with E-state index in [0.29, 0.717) is 18.1 Å². The van der Waals surface area contributed by atoms with E-state index in [1.807, 2.05) is 13.0 Å². The van der Waals surface area contributed by atoms with Crippen LogP contribution in [0, 0.1) is 6.92 Å². The maximum absolute atomic E-state index is 5.27. The molecule has 0 radical (unpaired) electrons. The minimum Gasteiger partial charge on any atom is -0.362 e. The second kappa shape index (κ2) is 5.28. The van der Waals surface area contributed by atoms with Gasteiger partial charge in [-0.15, -0.1) is 0 Å². The van der Waals surface area contributed by atoms with Gasteiger partial charge in [0.1, 0.15) is 17.5 Å². The molecule has 1 N–H and O–H groups in total. The first-order valence-electron chi connectivity index (χ1n) is 6.53. The van der Waals surface area contributed by atoms with Crippen LogP contribution < -0.4 is 5.32 Å². The largest absolute Gasteiger partial charge is 0.362 e. The molecule has 3 aromatic rings. The number of nitrogens with zero attached hydrogens (tertiary/aromatic N) is 4. The summed E-state index contributed by atoms with van der Waals surface area (Å²) < 4.78 is 10.4. The van der Waals surface area contributed by atoms with Gasteiger partial charge in [-0.1, -0.05) is 23.7 Å². The number of aryl methyl sites for hydroxylation is 2. The van der Waals surface area contributed by atoms with E-state index in [4.69, 9.17) is 9.05 Å². The summed E-state index contributed by atoms with van der Waals surface area (Å²) in [6, 6.07) is 1.95. The van der Waals surface area contributed by atoms with Crippen LogP contribution in [0.4, 0.5) is 5.82 Å². The third-order valence-electron chi connectivity index (χ3n) is 2.99. The maximum atomic E-state index is 5.27. The molecule has 20 heavy (non-hydrogen) atoms. The molecule has 0 amide bonds. The molecule has 0 fully saturated rings. The Kier molecular flexibility index (Phi) is 3.32. The molecule has 0 saturated heterocycles. The van der Waals surface area contributed by atoms with Crippen molar-refractivity contribution in [2.24, 2.45) is 0 Å². The molecule has 0 bridgehead atoms. The molecular weight excluding hydrogens is 258 g/mol. The fourth-order valence-corrected chi connectivity index (χ4v) is 2.04. The predicted molar refractivity (Wildman–Crippen MR) is 72.2 cm³/mol. The van der Waals surface area contributed by atoms with Crippen molar-refractivity contribution in [3.63, 3.8) is 0 Å². The summed E-state index contributed by atoms with van der Waals surface area (Å²) >= 11 is 0. The average Bonchev–Trinajstić information content (AvgIpc) is 3.05. The Hall–Kier alpha value is -2.44. The second-order valence-electron chi connectivity index (χ2n) is 4.56. The molecule has 0 saturated carbocycles. The summed E-state index contributed by atoms with van der Waals surface area (Å²) in [5, 5.41) is 11.9. The summed E-state index contributed by atoms with van der Waals surface area (Å²) in [6.07, 6.45) is 3.41. The molecular formula is C13H15N5O2. The topological polar surface area (TPSA) is 89.9 Å². The first-order chi connectivity index (χ1) is 9.78. The van der Waals surface area contributed by atoms with Crippen LogP contribution >= 0.6 is 0 Å². The molecule has 0 aromatic carbocycles. The molecule has 0 aliphatic heterocycles. The molecule has 3 rings (SSSR count). The lowest BCUT2D eigenvalue weighted by Gasteiger charge is -2.02. The number of hydrogen-bond donors (Lipinski definition) is 1. The van der Waals surface area contributed by atoms with E-state index in [9.17, 15) is 0 Å². The van der Waals surface area contributed by atoms with Gasteiger partial charge in [0.05, 0.1) is 17.9 Å². The molecule has 0 spiro atoms. The quantitative estimate of drug-likeness (QED) is 0.763.